The highest BCUT2D eigenvalue weighted by molar-refractivity contribution is 5.40. The second kappa shape index (κ2) is 6.95. The quantitative estimate of drug-likeness (QED) is 0.816. The van der Waals surface area contributed by atoms with E-state index in [1.54, 1.807) is 0 Å². The van der Waals surface area contributed by atoms with Crippen molar-refractivity contribution in [1.29, 1.82) is 0 Å². The third-order valence-corrected chi connectivity index (χ3v) is 4.21. The highest BCUT2D eigenvalue weighted by Gasteiger charge is 2.23. The maximum absolute atomic E-state index is 10.1. The molecule has 0 bridgehead atoms. The lowest BCUT2D eigenvalue weighted by Gasteiger charge is -2.30. The zero-order valence-electron chi connectivity index (χ0n) is 12.4. The van der Waals surface area contributed by atoms with E-state index < -0.39 is 0 Å². The molecule has 0 saturated heterocycles. The summed E-state index contributed by atoms with van der Waals surface area (Å²) in [6, 6.07) is 6.60. The SMILES string of the molecule is CCCN(CCC)[C@@H]1CCCc2cccc(O)c2C1. The fraction of sp³-hybridized carbons (Fsp3) is 0.647. The van der Waals surface area contributed by atoms with Crippen LogP contribution >= 0.6 is 0 Å². The number of nitrogens with zero attached hydrogens (tertiary/aromatic N) is 1. The lowest BCUT2D eigenvalue weighted by molar-refractivity contribution is 0.184. The fourth-order valence-corrected chi connectivity index (χ4v) is 3.32. The molecule has 1 aromatic rings. The van der Waals surface area contributed by atoms with E-state index in [0.29, 0.717) is 11.8 Å². The van der Waals surface area contributed by atoms with Crippen molar-refractivity contribution in [1.82, 2.24) is 4.90 Å². The number of fused-ring (bicyclic) bond motifs is 1. The smallest absolute Gasteiger partial charge is 0.119 e. The van der Waals surface area contributed by atoms with Crippen molar-refractivity contribution in [3.8, 4) is 5.75 Å². The van der Waals surface area contributed by atoms with Gasteiger partial charge in [0.1, 0.15) is 5.75 Å². The molecule has 1 N–H and O–H groups in total. The molecule has 1 aromatic carbocycles. The molecule has 2 nitrogen and oxygen atoms in total. The molecule has 0 heterocycles. The first-order chi connectivity index (χ1) is 9.26. The van der Waals surface area contributed by atoms with Crippen molar-refractivity contribution in [2.45, 2.75) is 58.4 Å². The second-order valence-corrected chi connectivity index (χ2v) is 5.70. The Bertz CT molecular complexity index is 396. The summed E-state index contributed by atoms with van der Waals surface area (Å²) in [5, 5.41) is 10.1. The number of hydrogen-bond donors (Lipinski definition) is 1. The lowest BCUT2D eigenvalue weighted by Crippen LogP contribution is -2.37. The Balaban J connectivity index is 2.17. The summed E-state index contributed by atoms with van der Waals surface area (Å²) in [4.78, 5) is 2.63. The molecule has 1 atom stereocenters. The molecule has 0 fully saturated rings. The predicted octanol–water partition coefficient (Wildman–Crippen LogP) is 3.76. The number of benzene rings is 1. The molecular weight excluding hydrogens is 234 g/mol. The zero-order chi connectivity index (χ0) is 13.7. The normalized spacial score (nSPS) is 19.2. The van der Waals surface area contributed by atoms with Gasteiger partial charge in [-0.15, -0.1) is 0 Å². The molecular formula is C17H27NO. The largest absolute Gasteiger partial charge is 0.508 e. The first-order valence-electron chi connectivity index (χ1n) is 7.80. The van der Waals surface area contributed by atoms with E-state index in [1.807, 2.05) is 12.1 Å². The van der Waals surface area contributed by atoms with Gasteiger partial charge in [0.25, 0.3) is 0 Å². The summed E-state index contributed by atoms with van der Waals surface area (Å²) in [6.45, 7) is 6.87. The molecule has 0 unspecified atom stereocenters. The fourth-order valence-electron chi connectivity index (χ4n) is 3.32. The van der Waals surface area contributed by atoms with Gasteiger partial charge in [-0.2, -0.15) is 0 Å². The number of aryl methyl sites for hydroxylation is 1. The highest BCUT2D eigenvalue weighted by atomic mass is 16.3. The molecule has 2 heteroatoms. The number of hydrogen-bond acceptors (Lipinski definition) is 2. The summed E-state index contributed by atoms with van der Waals surface area (Å²) in [5.74, 6) is 0.498. The average molecular weight is 261 g/mol. The number of rotatable bonds is 5. The van der Waals surface area contributed by atoms with Crippen LogP contribution in [0, 0.1) is 0 Å². The number of phenolic OH excluding ortho intramolecular Hbond substituents is 1. The predicted molar refractivity (Wildman–Crippen MR) is 80.7 cm³/mol. The molecule has 0 amide bonds. The Hall–Kier alpha value is -1.02. The van der Waals surface area contributed by atoms with Gasteiger partial charge in [0, 0.05) is 6.04 Å². The third-order valence-electron chi connectivity index (χ3n) is 4.21. The van der Waals surface area contributed by atoms with Gasteiger partial charge >= 0.3 is 0 Å². The van der Waals surface area contributed by atoms with E-state index >= 15 is 0 Å². The van der Waals surface area contributed by atoms with Crippen LogP contribution in [0.25, 0.3) is 0 Å². The summed E-state index contributed by atoms with van der Waals surface area (Å²) < 4.78 is 0. The number of aromatic hydroxyl groups is 1. The second-order valence-electron chi connectivity index (χ2n) is 5.70. The van der Waals surface area contributed by atoms with Crippen LogP contribution in [-0.4, -0.2) is 29.1 Å². The van der Waals surface area contributed by atoms with Gasteiger partial charge in [-0.05, 0) is 68.8 Å². The van der Waals surface area contributed by atoms with Gasteiger partial charge in [0.05, 0.1) is 0 Å². The Labute approximate surface area is 117 Å². The minimum atomic E-state index is 0.498. The first kappa shape index (κ1) is 14.4. The first-order valence-corrected chi connectivity index (χ1v) is 7.80. The van der Waals surface area contributed by atoms with Gasteiger partial charge in [0.2, 0.25) is 0 Å². The molecule has 0 spiro atoms. The van der Waals surface area contributed by atoms with Crippen LogP contribution in [-0.2, 0) is 12.8 Å². The van der Waals surface area contributed by atoms with E-state index in [2.05, 4.69) is 24.8 Å². The molecule has 0 aromatic heterocycles. The summed E-state index contributed by atoms with van der Waals surface area (Å²) in [6.07, 6.45) is 7.06. The van der Waals surface area contributed by atoms with Gasteiger partial charge in [-0.3, -0.25) is 0 Å². The van der Waals surface area contributed by atoms with Crippen molar-refractivity contribution >= 4 is 0 Å². The summed E-state index contributed by atoms with van der Waals surface area (Å²) in [5.41, 5.74) is 2.55. The van der Waals surface area contributed by atoms with E-state index in [1.165, 1.54) is 49.9 Å². The zero-order valence-corrected chi connectivity index (χ0v) is 12.4. The Morgan fingerprint density at radius 2 is 1.95 bits per heavy atom. The molecule has 0 aliphatic heterocycles. The Kier molecular flexibility index (Phi) is 5.26. The van der Waals surface area contributed by atoms with Crippen molar-refractivity contribution < 1.29 is 5.11 Å². The standard InChI is InChI=1S/C17H27NO/c1-3-11-18(12-4-2)15-9-5-7-14-8-6-10-17(19)16(14)13-15/h6,8,10,15,19H,3-5,7,9,11-13H2,1-2H3/t15-/m1/s1. The molecule has 106 valence electrons. The van der Waals surface area contributed by atoms with E-state index in [4.69, 9.17) is 0 Å². The van der Waals surface area contributed by atoms with Crippen molar-refractivity contribution in [2.24, 2.45) is 0 Å². The van der Waals surface area contributed by atoms with E-state index in [0.717, 1.165) is 12.8 Å². The molecule has 0 saturated carbocycles. The summed E-state index contributed by atoms with van der Waals surface area (Å²) in [7, 11) is 0. The van der Waals surface area contributed by atoms with Crippen LogP contribution in [0.5, 0.6) is 5.75 Å². The maximum atomic E-state index is 10.1. The Morgan fingerprint density at radius 1 is 1.21 bits per heavy atom. The molecule has 19 heavy (non-hydrogen) atoms. The lowest BCUT2D eigenvalue weighted by atomic mass is 9.99. The average Bonchev–Trinajstić information content (AvgIpc) is 2.62. The van der Waals surface area contributed by atoms with Crippen LogP contribution in [0.3, 0.4) is 0 Å². The molecule has 1 aliphatic carbocycles. The van der Waals surface area contributed by atoms with Crippen LogP contribution < -0.4 is 0 Å². The van der Waals surface area contributed by atoms with E-state index in [9.17, 15) is 5.11 Å². The van der Waals surface area contributed by atoms with Gasteiger partial charge in [0.15, 0.2) is 0 Å². The van der Waals surface area contributed by atoms with Crippen molar-refractivity contribution in [2.75, 3.05) is 13.1 Å². The van der Waals surface area contributed by atoms with Crippen molar-refractivity contribution in [3.63, 3.8) is 0 Å². The minimum absolute atomic E-state index is 0.498. The third kappa shape index (κ3) is 3.50. The minimum Gasteiger partial charge on any atom is -0.508 e. The Morgan fingerprint density at radius 3 is 2.63 bits per heavy atom. The van der Waals surface area contributed by atoms with Crippen LogP contribution in [0.1, 0.15) is 50.7 Å². The summed E-state index contributed by atoms with van der Waals surface area (Å²) >= 11 is 0. The highest BCUT2D eigenvalue weighted by Crippen LogP contribution is 2.30. The molecule has 0 radical (unpaired) electrons. The van der Waals surface area contributed by atoms with Crippen molar-refractivity contribution in [3.05, 3.63) is 29.3 Å². The van der Waals surface area contributed by atoms with Gasteiger partial charge in [-0.1, -0.05) is 26.0 Å². The van der Waals surface area contributed by atoms with Crippen LogP contribution in [0.2, 0.25) is 0 Å². The monoisotopic (exact) mass is 261 g/mol. The van der Waals surface area contributed by atoms with Crippen LogP contribution in [0.15, 0.2) is 18.2 Å². The van der Waals surface area contributed by atoms with Gasteiger partial charge in [-0.25, -0.2) is 0 Å². The topological polar surface area (TPSA) is 23.5 Å². The van der Waals surface area contributed by atoms with Crippen LogP contribution in [0.4, 0.5) is 0 Å². The van der Waals surface area contributed by atoms with E-state index in [-0.39, 0.29) is 0 Å². The number of phenols is 1. The molecule has 2 rings (SSSR count). The maximum Gasteiger partial charge on any atom is 0.119 e. The van der Waals surface area contributed by atoms with Gasteiger partial charge < -0.3 is 10.0 Å². The molecule has 1 aliphatic rings.